The number of fused-ring (bicyclic) bond motifs is 1. The van der Waals surface area contributed by atoms with Crippen LogP contribution in [-0.4, -0.2) is 49.6 Å². The van der Waals surface area contributed by atoms with Crippen molar-refractivity contribution in [3.63, 3.8) is 0 Å². The number of methoxy groups -OCH3 is 1. The van der Waals surface area contributed by atoms with E-state index in [0.717, 1.165) is 31.2 Å². The van der Waals surface area contributed by atoms with Crippen LogP contribution in [0.2, 0.25) is 0 Å². The van der Waals surface area contributed by atoms with Crippen molar-refractivity contribution in [3.8, 4) is 0 Å². The Morgan fingerprint density at radius 3 is 2.59 bits per heavy atom. The number of piperidine rings is 1. The lowest BCUT2D eigenvalue weighted by Crippen LogP contribution is -2.40. The highest BCUT2D eigenvalue weighted by Crippen LogP contribution is 2.41. The molecule has 0 atom stereocenters. The highest BCUT2D eigenvalue weighted by Gasteiger charge is 2.36. The normalized spacial score (nSPS) is 20.1. The van der Waals surface area contributed by atoms with Crippen molar-refractivity contribution in [2.45, 2.75) is 71.7 Å². The van der Waals surface area contributed by atoms with Gasteiger partial charge in [-0.1, -0.05) is 0 Å². The van der Waals surface area contributed by atoms with Crippen LogP contribution >= 0.6 is 0 Å². The highest BCUT2D eigenvalue weighted by molar-refractivity contribution is 5.05. The molecule has 1 spiro atoms. The summed E-state index contributed by atoms with van der Waals surface area (Å²) in [4.78, 5) is 2.59. The molecule has 0 aliphatic carbocycles. The van der Waals surface area contributed by atoms with Crippen molar-refractivity contribution < 1.29 is 4.74 Å². The highest BCUT2D eigenvalue weighted by atomic mass is 16.5. The molecule has 2 aliphatic heterocycles. The summed E-state index contributed by atoms with van der Waals surface area (Å²) in [6.45, 7) is 9.31. The van der Waals surface area contributed by atoms with E-state index in [0.29, 0.717) is 18.1 Å². The van der Waals surface area contributed by atoms with Crippen LogP contribution in [-0.2, 0) is 30.9 Å². The first kappa shape index (κ1) is 18.6. The van der Waals surface area contributed by atoms with E-state index >= 15 is 0 Å². The fraction of sp³-hybridized carbons (Fsp3) is 0.750. The van der Waals surface area contributed by atoms with Crippen LogP contribution in [0.3, 0.4) is 0 Å². The number of nitrogens with zero attached hydrogens (tertiary/aromatic N) is 6. The molecule has 7 heteroatoms. The fourth-order valence-corrected chi connectivity index (χ4v) is 4.59. The lowest BCUT2D eigenvalue weighted by Gasteiger charge is -2.41. The molecule has 0 aromatic carbocycles. The van der Waals surface area contributed by atoms with Crippen molar-refractivity contribution in [2.75, 3.05) is 20.2 Å². The number of hydrogen-bond donors (Lipinski definition) is 0. The molecule has 4 heterocycles. The average Bonchev–Trinajstić information content (AvgIpc) is 3.24. The maximum absolute atomic E-state index is 5.28. The number of rotatable bonds is 5. The van der Waals surface area contributed by atoms with Gasteiger partial charge < -0.3 is 9.30 Å². The Bertz CT molecular complexity index is 756. The first-order chi connectivity index (χ1) is 13.1. The third-order valence-corrected chi connectivity index (χ3v) is 6.43. The molecule has 4 rings (SSSR count). The zero-order valence-electron chi connectivity index (χ0n) is 16.9. The molecule has 0 N–H and O–H groups in total. The SMILES string of the molecule is COCc1nnc2n1CCC1(CC2)CCN(Cc2cnn(C(C)C)c2)CC1. The van der Waals surface area contributed by atoms with Crippen LogP contribution in [0.15, 0.2) is 12.4 Å². The maximum atomic E-state index is 5.28. The van der Waals surface area contributed by atoms with Gasteiger partial charge in [0.1, 0.15) is 12.4 Å². The molecule has 0 saturated carbocycles. The zero-order valence-corrected chi connectivity index (χ0v) is 16.9. The molecule has 1 saturated heterocycles. The molecule has 148 valence electrons. The molecule has 1 fully saturated rings. The van der Waals surface area contributed by atoms with E-state index < -0.39 is 0 Å². The molecular formula is C20H32N6O. The van der Waals surface area contributed by atoms with E-state index in [1.165, 1.54) is 44.3 Å². The third kappa shape index (κ3) is 3.94. The summed E-state index contributed by atoms with van der Waals surface area (Å²) < 4.78 is 9.63. The van der Waals surface area contributed by atoms with Gasteiger partial charge in [-0.05, 0) is 58.0 Å². The van der Waals surface area contributed by atoms with Gasteiger partial charge in [-0.25, -0.2) is 0 Å². The Kier molecular flexibility index (Phi) is 5.32. The number of hydrogen-bond acceptors (Lipinski definition) is 5. The molecule has 27 heavy (non-hydrogen) atoms. The Hall–Kier alpha value is -1.73. The molecule has 0 bridgehead atoms. The van der Waals surface area contributed by atoms with Crippen LogP contribution in [0.1, 0.15) is 62.8 Å². The minimum atomic E-state index is 0.429. The summed E-state index contributed by atoms with van der Waals surface area (Å²) >= 11 is 0. The van der Waals surface area contributed by atoms with Gasteiger partial charge in [-0.3, -0.25) is 9.58 Å². The summed E-state index contributed by atoms with van der Waals surface area (Å²) in [5.41, 5.74) is 1.79. The number of aromatic nitrogens is 5. The molecule has 0 unspecified atom stereocenters. The van der Waals surface area contributed by atoms with E-state index in [4.69, 9.17) is 4.74 Å². The van der Waals surface area contributed by atoms with Gasteiger partial charge >= 0.3 is 0 Å². The number of likely N-dealkylation sites (tertiary alicyclic amines) is 1. The van der Waals surface area contributed by atoms with Gasteiger partial charge in [0.05, 0.1) is 6.20 Å². The van der Waals surface area contributed by atoms with Gasteiger partial charge in [0.15, 0.2) is 5.82 Å². The summed E-state index contributed by atoms with van der Waals surface area (Å²) in [7, 11) is 1.72. The molecule has 2 aromatic rings. The van der Waals surface area contributed by atoms with Crippen LogP contribution in [0.5, 0.6) is 0 Å². The van der Waals surface area contributed by atoms with Crippen molar-refractivity contribution >= 4 is 0 Å². The summed E-state index contributed by atoms with van der Waals surface area (Å²) in [5.74, 6) is 2.12. The predicted molar refractivity (Wildman–Crippen MR) is 103 cm³/mol. The van der Waals surface area contributed by atoms with Gasteiger partial charge in [-0.2, -0.15) is 5.10 Å². The lowest BCUT2D eigenvalue weighted by atomic mass is 9.72. The topological polar surface area (TPSA) is 61.0 Å². The Labute approximate surface area is 161 Å². The van der Waals surface area contributed by atoms with Crippen LogP contribution < -0.4 is 0 Å². The average molecular weight is 373 g/mol. The summed E-state index contributed by atoms with van der Waals surface area (Å²) in [6.07, 6.45) is 10.3. The fourth-order valence-electron chi connectivity index (χ4n) is 4.59. The second-order valence-electron chi connectivity index (χ2n) is 8.57. The van der Waals surface area contributed by atoms with E-state index in [1.807, 2.05) is 6.20 Å². The van der Waals surface area contributed by atoms with Crippen LogP contribution in [0.25, 0.3) is 0 Å². The standard InChI is InChI=1S/C20H32N6O/c1-16(2)26-14-17(12-21-26)13-24-9-6-20(7-10-24)5-4-18-22-23-19(15-27-3)25(18)11-8-20/h12,14,16H,4-11,13,15H2,1-3H3. The number of aryl methyl sites for hydroxylation is 1. The lowest BCUT2D eigenvalue weighted by molar-refractivity contribution is 0.0820. The Balaban J connectivity index is 1.34. The van der Waals surface area contributed by atoms with Crippen molar-refractivity contribution in [2.24, 2.45) is 5.41 Å². The van der Waals surface area contributed by atoms with Crippen LogP contribution in [0.4, 0.5) is 0 Å². The van der Waals surface area contributed by atoms with Gasteiger partial charge in [0, 0.05) is 44.4 Å². The van der Waals surface area contributed by atoms with Crippen molar-refractivity contribution in [1.82, 2.24) is 29.4 Å². The van der Waals surface area contributed by atoms with E-state index in [2.05, 4.69) is 49.5 Å². The smallest absolute Gasteiger partial charge is 0.159 e. The Morgan fingerprint density at radius 1 is 1.11 bits per heavy atom. The maximum Gasteiger partial charge on any atom is 0.159 e. The quantitative estimate of drug-likeness (QED) is 0.808. The van der Waals surface area contributed by atoms with Crippen LogP contribution in [0, 0.1) is 5.41 Å². The minimum absolute atomic E-state index is 0.429. The van der Waals surface area contributed by atoms with Crippen molar-refractivity contribution in [1.29, 1.82) is 0 Å². The minimum Gasteiger partial charge on any atom is -0.377 e. The van der Waals surface area contributed by atoms with Gasteiger partial charge in [-0.15, -0.1) is 10.2 Å². The molecule has 0 amide bonds. The number of ether oxygens (including phenoxy) is 1. The third-order valence-electron chi connectivity index (χ3n) is 6.43. The summed E-state index contributed by atoms with van der Waals surface area (Å²) in [6, 6.07) is 0.429. The largest absolute Gasteiger partial charge is 0.377 e. The second-order valence-corrected chi connectivity index (χ2v) is 8.57. The van der Waals surface area contributed by atoms with E-state index in [-0.39, 0.29) is 0 Å². The first-order valence-electron chi connectivity index (χ1n) is 10.2. The first-order valence-corrected chi connectivity index (χ1v) is 10.2. The molecule has 2 aromatic heterocycles. The molecule has 0 radical (unpaired) electrons. The molecule has 7 nitrogen and oxygen atoms in total. The van der Waals surface area contributed by atoms with E-state index in [1.54, 1.807) is 7.11 Å². The summed E-state index contributed by atoms with van der Waals surface area (Å²) in [5, 5.41) is 13.2. The van der Waals surface area contributed by atoms with Crippen molar-refractivity contribution in [3.05, 3.63) is 29.6 Å². The molecular weight excluding hydrogens is 340 g/mol. The van der Waals surface area contributed by atoms with E-state index in [9.17, 15) is 0 Å². The van der Waals surface area contributed by atoms with Gasteiger partial charge in [0.25, 0.3) is 0 Å². The molecule has 2 aliphatic rings. The Morgan fingerprint density at radius 2 is 1.89 bits per heavy atom. The van der Waals surface area contributed by atoms with Gasteiger partial charge in [0.2, 0.25) is 0 Å². The zero-order chi connectivity index (χ0) is 18.9. The monoisotopic (exact) mass is 372 g/mol. The second kappa shape index (κ2) is 7.72. The predicted octanol–water partition coefficient (Wildman–Crippen LogP) is 2.82.